The summed E-state index contributed by atoms with van der Waals surface area (Å²) in [7, 11) is -2.66. The lowest BCUT2D eigenvalue weighted by Gasteiger charge is -2.26. The summed E-state index contributed by atoms with van der Waals surface area (Å²) < 4.78 is 18.0. The molecule has 0 aliphatic rings. The lowest BCUT2D eigenvalue weighted by molar-refractivity contribution is 0.0716. The monoisotopic (exact) mass is 314 g/mol. The summed E-state index contributed by atoms with van der Waals surface area (Å²) in [6.07, 6.45) is 12.8. The molecule has 4 heteroatoms. The molecule has 0 amide bonds. The second-order valence-corrected chi connectivity index (χ2v) is 7.48. The molecule has 0 aromatic rings. The van der Waals surface area contributed by atoms with Crippen LogP contribution in [-0.4, -0.2) is 28.6 Å². The van der Waals surface area contributed by atoms with E-state index in [-0.39, 0.29) is 0 Å². The van der Waals surface area contributed by atoms with Gasteiger partial charge < -0.3 is 13.3 Å². The van der Waals surface area contributed by atoms with Crippen LogP contribution in [0.3, 0.4) is 0 Å². The van der Waals surface area contributed by atoms with Gasteiger partial charge in [0.15, 0.2) is 0 Å². The maximum absolute atomic E-state index is 5.98. The highest BCUT2D eigenvalue weighted by Crippen LogP contribution is 2.14. The first-order valence-electron chi connectivity index (χ1n) is 8.50. The van der Waals surface area contributed by atoms with Crippen LogP contribution in [0.15, 0.2) is 23.9 Å². The molecule has 0 rings (SSSR count). The van der Waals surface area contributed by atoms with Crippen LogP contribution in [0.4, 0.5) is 0 Å². The van der Waals surface area contributed by atoms with Crippen molar-refractivity contribution in [3.05, 3.63) is 23.9 Å². The first-order valence-corrected chi connectivity index (χ1v) is 10.3. The van der Waals surface area contributed by atoms with Crippen molar-refractivity contribution in [1.82, 2.24) is 0 Å². The van der Waals surface area contributed by atoms with E-state index in [1.54, 1.807) is 0 Å². The summed E-state index contributed by atoms with van der Waals surface area (Å²) in [5.74, 6) is 0. The van der Waals surface area contributed by atoms with Crippen LogP contribution < -0.4 is 0 Å². The van der Waals surface area contributed by atoms with E-state index in [1.807, 2.05) is 11.8 Å². The van der Waals surface area contributed by atoms with E-state index in [0.29, 0.717) is 19.8 Å². The van der Waals surface area contributed by atoms with Gasteiger partial charge >= 0.3 is 8.80 Å². The molecule has 0 unspecified atom stereocenters. The van der Waals surface area contributed by atoms with Crippen LogP contribution in [0.25, 0.3) is 0 Å². The van der Waals surface area contributed by atoms with Gasteiger partial charge in [-0.25, -0.2) is 0 Å². The molecule has 0 N–H and O–H groups in total. The highest BCUT2D eigenvalue weighted by Gasteiger charge is 2.37. The fourth-order valence-electron chi connectivity index (χ4n) is 1.67. The van der Waals surface area contributed by atoms with Crippen molar-refractivity contribution in [3.63, 3.8) is 0 Å². The summed E-state index contributed by atoms with van der Waals surface area (Å²) >= 11 is 0. The third kappa shape index (κ3) is 10.9. The van der Waals surface area contributed by atoms with E-state index in [9.17, 15) is 0 Å². The Bertz CT molecular complexity index is 255. The zero-order chi connectivity index (χ0) is 15.8. The molecule has 0 spiro atoms. The quantitative estimate of drug-likeness (QED) is 0.255. The third-order valence-corrected chi connectivity index (χ3v) is 5.21. The highest BCUT2D eigenvalue weighted by atomic mass is 28.4. The lowest BCUT2D eigenvalue weighted by atomic mass is 10.2. The maximum Gasteiger partial charge on any atom is 0.529 e. The molecule has 0 heterocycles. The zero-order valence-electron chi connectivity index (χ0n) is 14.4. The van der Waals surface area contributed by atoms with Crippen LogP contribution in [-0.2, 0) is 13.3 Å². The van der Waals surface area contributed by atoms with E-state index >= 15 is 0 Å². The normalized spacial score (nSPS) is 12.8. The summed E-state index contributed by atoms with van der Waals surface area (Å²) in [6.45, 7) is 10.6. The Morgan fingerprint density at radius 1 is 0.714 bits per heavy atom. The number of rotatable bonds is 14. The van der Waals surface area contributed by atoms with Crippen LogP contribution in [0.2, 0.25) is 0 Å². The van der Waals surface area contributed by atoms with Crippen molar-refractivity contribution in [1.29, 1.82) is 0 Å². The first kappa shape index (κ1) is 20.6. The molecule has 0 saturated carbocycles. The van der Waals surface area contributed by atoms with Gasteiger partial charge in [-0.2, -0.15) is 0 Å². The second kappa shape index (κ2) is 14.5. The van der Waals surface area contributed by atoms with Gasteiger partial charge in [-0.3, -0.25) is 0 Å². The number of hydrogen-bond acceptors (Lipinski definition) is 3. The van der Waals surface area contributed by atoms with Crippen molar-refractivity contribution in [2.45, 2.75) is 66.2 Å². The zero-order valence-corrected chi connectivity index (χ0v) is 15.4. The van der Waals surface area contributed by atoms with E-state index in [1.165, 1.54) is 12.8 Å². The predicted molar refractivity (Wildman–Crippen MR) is 92.3 cm³/mol. The Kier molecular flexibility index (Phi) is 14.2. The maximum atomic E-state index is 5.98. The molecule has 0 radical (unpaired) electrons. The van der Waals surface area contributed by atoms with Gasteiger partial charge in [-0.15, -0.1) is 0 Å². The Labute approximate surface area is 132 Å². The van der Waals surface area contributed by atoms with Crippen molar-refractivity contribution in [2.75, 3.05) is 19.8 Å². The minimum Gasteiger partial charge on any atom is -0.370 e. The fourth-order valence-corrected chi connectivity index (χ4v) is 4.02. The van der Waals surface area contributed by atoms with Crippen LogP contribution in [0, 0.1) is 0 Å². The van der Waals surface area contributed by atoms with E-state index in [2.05, 4.69) is 39.8 Å². The number of hydrogen-bond donors (Lipinski definition) is 0. The Balaban J connectivity index is 4.68. The molecule has 21 heavy (non-hydrogen) atoms. The van der Waals surface area contributed by atoms with E-state index < -0.39 is 8.80 Å². The molecule has 0 aromatic carbocycles. The minimum absolute atomic E-state index is 0.684. The molecule has 0 fully saturated rings. The predicted octanol–water partition coefficient (Wildman–Crippen LogP) is 5.05. The van der Waals surface area contributed by atoms with Crippen LogP contribution in [0.1, 0.15) is 66.2 Å². The molecule has 124 valence electrons. The van der Waals surface area contributed by atoms with Gasteiger partial charge in [-0.05, 0) is 31.4 Å². The van der Waals surface area contributed by atoms with Crippen molar-refractivity contribution >= 4 is 8.80 Å². The van der Waals surface area contributed by atoms with Gasteiger partial charge in [0, 0.05) is 19.8 Å². The Hall–Kier alpha value is -0.423. The van der Waals surface area contributed by atoms with E-state index in [0.717, 1.165) is 25.7 Å². The van der Waals surface area contributed by atoms with Crippen LogP contribution >= 0.6 is 0 Å². The molecule has 3 nitrogen and oxygen atoms in total. The molecule has 0 aromatic heterocycles. The number of allylic oxidation sites excluding steroid dienone is 3. The van der Waals surface area contributed by atoms with Crippen molar-refractivity contribution in [3.8, 4) is 0 Å². The number of unbranched alkanes of at least 4 members (excludes halogenated alkanes) is 2. The van der Waals surface area contributed by atoms with Gasteiger partial charge in [0.2, 0.25) is 0 Å². The van der Waals surface area contributed by atoms with Gasteiger partial charge in [-0.1, -0.05) is 58.8 Å². The molecular weight excluding hydrogens is 280 g/mol. The van der Waals surface area contributed by atoms with Crippen LogP contribution in [0.5, 0.6) is 0 Å². The minimum atomic E-state index is -2.66. The van der Waals surface area contributed by atoms with E-state index in [4.69, 9.17) is 13.3 Å². The van der Waals surface area contributed by atoms with Crippen molar-refractivity contribution in [2.24, 2.45) is 0 Å². The third-order valence-electron chi connectivity index (χ3n) is 2.79. The molecule has 0 bridgehead atoms. The average molecular weight is 315 g/mol. The van der Waals surface area contributed by atoms with Crippen molar-refractivity contribution < 1.29 is 13.3 Å². The van der Waals surface area contributed by atoms with Gasteiger partial charge in [0.1, 0.15) is 0 Å². The molecule has 0 aliphatic heterocycles. The SMILES string of the molecule is CCCC/C=C/C=C/[Si](OCCC)(OCCC)OCCC. The standard InChI is InChI=1S/C17H34O3Si/c1-5-9-10-11-12-13-17-21(18-14-6-2,19-15-7-3)20-16-8-4/h11-13,17H,5-10,14-16H2,1-4H3/b12-11+,17-13+. The summed E-state index contributed by atoms with van der Waals surface area (Å²) in [6, 6.07) is 0. The molecule has 0 aliphatic carbocycles. The fraction of sp³-hybridized carbons (Fsp3) is 0.765. The smallest absolute Gasteiger partial charge is 0.370 e. The second-order valence-electron chi connectivity index (χ2n) is 5.08. The highest BCUT2D eigenvalue weighted by molar-refractivity contribution is 6.66. The summed E-state index contributed by atoms with van der Waals surface area (Å²) in [5.41, 5.74) is 2.02. The molecule has 0 atom stereocenters. The molecular formula is C17H34O3Si. The summed E-state index contributed by atoms with van der Waals surface area (Å²) in [4.78, 5) is 0. The van der Waals surface area contributed by atoms with Gasteiger partial charge in [0.25, 0.3) is 0 Å². The molecule has 0 saturated heterocycles. The largest absolute Gasteiger partial charge is 0.529 e. The average Bonchev–Trinajstić information content (AvgIpc) is 2.51. The lowest BCUT2D eigenvalue weighted by Crippen LogP contribution is -2.45. The topological polar surface area (TPSA) is 27.7 Å². The summed E-state index contributed by atoms with van der Waals surface area (Å²) in [5, 5.41) is 0. The Morgan fingerprint density at radius 3 is 1.67 bits per heavy atom. The van der Waals surface area contributed by atoms with Gasteiger partial charge in [0.05, 0.1) is 0 Å². The first-order chi connectivity index (χ1) is 10.2. The Morgan fingerprint density at radius 2 is 1.24 bits per heavy atom.